The second-order valence-electron chi connectivity index (χ2n) is 6.04. The highest BCUT2D eigenvalue weighted by molar-refractivity contribution is 7.89. The molecule has 0 bridgehead atoms. The molecule has 1 amide bonds. The largest absolute Gasteiger partial charge is 0.478 e. The zero-order valence-electron chi connectivity index (χ0n) is 15.7. The Labute approximate surface area is 160 Å². The highest BCUT2D eigenvalue weighted by Gasteiger charge is 2.17. The van der Waals surface area contributed by atoms with Gasteiger partial charge >= 0.3 is 0 Å². The van der Waals surface area contributed by atoms with Gasteiger partial charge in [0.25, 0.3) is 5.91 Å². The van der Waals surface area contributed by atoms with Crippen LogP contribution in [-0.4, -0.2) is 32.0 Å². The molecule has 7 nitrogen and oxygen atoms in total. The second kappa shape index (κ2) is 9.48. The Morgan fingerprint density at radius 3 is 2.52 bits per heavy atom. The Morgan fingerprint density at radius 2 is 1.89 bits per heavy atom. The number of nitrogens with zero attached hydrogens (tertiary/aromatic N) is 1. The number of rotatable bonds is 9. The first kappa shape index (κ1) is 20.9. The molecule has 0 saturated heterocycles. The smallest absolute Gasteiger partial charge is 0.251 e. The monoisotopic (exact) mass is 391 g/mol. The van der Waals surface area contributed by atoms with Crippen LogP contribution in [0.5, 0.6) is 5.88 Å². The molecule has 0 fully saturated rings. The normalized spacial score (nSPS) is 12.4. The molecule has 27 heavy (non-hydrogen) atoms. The van der Waals surface area contributed by atoms with Crippen LogP contribution < -0.4 is 14.8 Å². The summed E-state index contributed by atoms with van der Waals surface area (Å²) in [6, 6.07) is 9.28. The lowest BCUT2D eigenvalue weighted by Gasteiger charge is -2.12. The average molecular weight is 391 g/mol. The van der Waals surface area contributed by atoms with Crippen LogP contribution in [0.15, 0.2) is 47.5 Å². The third kappa shape index (κ3) is 5.77. The maximum atomic E-state index is 12.3. The maximum absolute atomic E-state index is 12.3. The Kier molecular flexibility index (Phi) is 7.32. The van der Waals surface area contributed by atoms with Gasteiger partial charge in [-0.3, -0.25) is 4.79 Å². The minimum Gasteiger partial charge on any atom is -0.478 e. The number of benzene rings is 1. The van der Waals surface area contributed by atoms with Gasteiger partial charge in [-0.05, 0) is 50.6 Å². The number of hydrogen-bond acceptors (Lipinski definition) is 5. The first-order valence-corrected chi connectivity index (χ1v) is 10.3. The van der Waals surface area contributed by atoms with Gasteiger partial charge in [0.15, 0.2) is 0 Å². The summed E-state index contributed by atoms with van der Waals surface area (Å²) in [5, 5.41) is 2.79. The Bertz CT molecular complexity index is 867. The fourth-order valence-electron chi connectivity index (χ4n) is 2.30. The number of amides is 1. The third-order valence-electron chi connectivity index (χ3n) is 3.97. The summed E-state index contributed by atoms with van der Waals surface area (Å²) in [5.74, 6) is 0.179. The van der Waals surface area contributed by atoms with Gasteiger partial charge in [0.05, 0.1) is 11.5 Å². The number of sulfonamides is 1. The number of aromatic nitrogens is 1. The van der Waals surface area contributed by atoms with Gasteiger partial charge in [0.1, 0.15) is 0 Å². The van der Waals surface area contributed by atoms with Gasteiger partial charge in [0.2, 0.25) is 15.9 Å². The molecule has 2 rings (SSSR count). The van der Waals surface area contributed by atoms with E-state index >= 15 is 0 Å². The van der Waals surface area contributed by atoms with Crippen LogP contribution in [0.3, 0.4) is 0 Å². The van der Waals surface area contributed by atoms with Crippen LogP contribution in [0, 0.1) is 0 Å². The molecule has 0 aliphatic carbocycles. The van der Waals surface area contributed by atoms with Gasteiger partial charge in [-0.25, -0.2) is 18.1 Å². The van der Waals surface area contributed by atoms with Crippen molar-refractivity contribution in [2.45, 2.75) is 44.7 Å². The molecule has 1 atom stereocenters. The number of pyridine rings is 1. The van der Waals surface area contributed by atoms with E-state index in [4.69, 9.17) is 4.74 Å². The summed E-state index contributed by atoms with van der Waals surface area (Å²) >= 11 is 0. The van der Waals surface area contributed by atoms with Gasteiger partial charge in [0, 0.05) is 29.9 Å². The minimum atomic E-state index is -3.59. The molecule has 0 aliphatic heterocycles. The lowest BCUT2D eigenvalue weighted by Crippen LogP contribution is -2.32. The van der Waals surface area contributed by atoms with Gasteiger partial charge < -0.3 is 10.1 Å². The zero-order valence-corrected chi connectivity index (χ0v) is 16.5. The molecule has 2 N–H and O–H groups in total. The average Bonchev–Trinajstić information content (AvgIpc) is 2.67. The molecule has 8 heteroatoms. The van der Waals surface area contributed by atoms with E-state index in [2.05, 4.69) is 15.0 Å². The summed E-state index contributed by atoms with van der Waals surface area (Å²) in [4.78, 5) is 16.6. The van der Waals surface area contributed by atoms with Gasteiger partial charge in [-0.2, -0.15) is 0 Å². The summed E-state index contributed by atoms with van der Waals surface area (Å²) in [6.07, 6.45) is 2.32. The first-order valence-electron chi connectivity index (χ1n) is 8.84. The van der Waals surface area contributed by atoms with E-state index < -0.39 is 10.0 Å². The van der Waals surface area contributed by atoms with Crippen LogP contribution in [0.4, 0.5) is 0 Å². The number of ether oxygens (including phenoxy) is 1. The molecular formula is C19H25N3O4S. The van der Waals surface area contributed by atoms with Crippen molar-refractivity contribution in [1.82, 2.24) is 15.0 Å². The summed E-state index contributed by atoms with van der Waals surface area (Å²) < 4.78 is 32.5. The quantitative estimate of drug-likeness (QED) is 0.684. The van der Waals surface area contributed by atoms with Crippen molar-refractivity contribution in [3.63, 3.8) is 0 Å². The number of carbonyl (C=O) groups excluding carboxylic acids is 1. The standard InChI is InChI=1S/C19H25N3O4S/c1-4-14(3)22-27(24,25)17-10-8-15(9-11-17)18(23)21-13-16-7-6-12-20-19(16)26-5-2/h6-12,14,22H,4-5,13H2,1-3H3,(H,21,23). The van der Waals surface area contributed by atoms with Crippen LogP contribution in [0.1, 0.15) is 43.1 Å². The molecular weight excluding hydrogens is 366 g/mol. The lowest BCUT2D eigenvalue weighted by molar-refractivity contribution is 0.0950. The maximum Gasteiger partial charge on any atom is 0.251 e. The molecule has 146 valence electrons. The van der Waals surface area contributed by atoms with Crippen molar-refractivity contribution >= 4 is 15.9 Å². The summed E-state index contributed by atoms with van der Waals surface area (Å²) in [7, 11) is -3.59. The minimum absolute atomic E-state index is 0.130. The topological polar surface area (TPSA) is 97.4 Å². The van der Waals surface area contributed by atoms with E-state index in [1.807, 2.05) is 19.9 Å². The SMILES string of the molecule is CCOc1ncccc1CNC(=O)c1ccc(S(=O)(=O)NC(C)CC)cc1. The molecule has 0 spiro atoms. The third-order valence-corrected chi connectivity index (χ3v) is 5.57. The predicted molar refractivity (Wildman–Crippen MR) is 103 cm³/mol. The molecule has 2 aromatic rings. The van der Waals surface area contributed by atoms with Crippen molar-refractivity contribution in [3.05, 3.63) is 53.7 Å². The molecule has 1 heterocycles. The number of carbonyl (C=O) groups is 1. The van der Waals surface area contributed by atoms with E-state index in [1.54, 1.807) is 19.2 Å². The second-order valence-corrected chi connectivity index (χ2v) is 7.75. The van der Waals surface area contributed by atoms with Crippen molar-refractivity contribution in [1.29, 1.82) is 0 Å². The van der Waals surface area contributed by atoms with Crippen LogP contribution in [-0.2, 0) is 16.6 Å². The fourth-order valence-corrected chi connectivity index (χ4v) is 3.63. The number of hydrogen-bond donors (Lipinski definition) is 2. The molecule has 0 aliphatic rings. The highest BCUT2D eigenvalue weighted by atomic mass is 32.2. The molecule has 1 aromatic carbocycles. The van der Waals surface area contributed by atoms with E-state index in [0.29, 0.717) is 24.5 Å². The van der Waals surface area contributed by atoms with Crippen molar-refractivity contribution in [2.24, 2.45) is 0 Å². The van der Waals surface area contributed by atoms with Gasteiger partial charge in [-0.15, -0.1) is 0 Å². The van der Waals surface area contributed by atoms with Crippen molar-refractivity contribution in [3.8, 4) is 5.88 Å². The molecule has 0 saturated carbocycles. The summed E-state index contributed by atoms with van der Waals surface area (Å²) in [5.41, 5.74) is 1.14. The Balaban J connectivity index is 2.04. The fraction of sp³-hybridized carbons (Fsp3) is 0.368. The zero-order chi connectivity index (χ0) is 19.9. The first-order chi connectivity index (χ1) is 12.9. The van der Waals surface area contributed by atoms with Crippen LogP contribution in [0.2, 0.25) is 0 Å². The molecule has 1 aromatic heterocycles. The molecule has 0 radical (unpaired) electrons. The van der Waals surface area contributed by atoms with E-state index in [-0.39, 0.29) is 23.4 Å². The van der Waals surface area contributed by atoms with Crippen LogP contribution in [0.25, 0.3) is 0 Å². The highest BCUT2D eigenvalue weighted by Crippen LogP contribution is 2.15. The van der Waals surface area contributed by atoms with E-state index in [1.165, 1.54) is 24.3 Å². The van der Waals surface area contributed by atoms with Crippen molar-refractivity contribution in [2.75, 3.05) is 6.61 Å². The van der Waals surface area contributed by atoms with Crippen LogP contribution >= 0.6 is 0 Å². The predicted octanol–water partition coefficient (Wildman–Crippen LogP) is 2.49. The Morgan fingerprint density at radius 1 is 1.19 bits per heavy atom. The number of nitrogens with one attached hydrogen (secondary N) is 2. The molecule has 1 unspecified atom stereocenters. The van der Waals surface area contributed by atoms with E-state index in [9.17, 15) is 13.2 Å². The van der Waals surface area contributed by atoms with E-state index in [0.717, 1.165) is 5.56 Å². The van der Waals surface area contributed by atoms with Gasteiger partial charge in [-0.1, -0.05) is 13.0 Å². The lowest BCUT2D eigenvalue weighted by atomic mass is 10.2. The Hall–Kier alpha value is -2.45. The van der Waals surface area contributed by atoms with Crippen molar-refractivity contribution < 1.29 is 17.9 Å². The summed E-state index contributed by atoms with van der Waals surface area (Å²) in [6.45, 7) is 6.31.